The van der Waals surface area contributed by atoms with Crippen LogP contribution in [0.2, 0.25) is 0 Å². The predicted octanol–water partition coefficient (Wildman–Crippen LogP) is 3.57. The van der Waals surface area contributed by atoms with Gasteiger partial charge < -0.3 is 0 Å². The fourth-order valence-corrected chi connectivity index (χ4v) is 1.37. The summed E-state index contributed by atoms with van der Waals surface area (Å²) < 4.78 is 0. The summed E-state index contributed by atoms with van der Waals surface area (Å²) in [5.74, 6) is 12.3. The Labute approximate surface area is 108 Å². The van der Waals surface area contributed by atoms with E-state index in [1.807, 2.05) is 24.3 Å². The van der Waals surface area contributed by atoms with Crippen molar-refractivity contribution in [3.8, 4) is 23.7 Å². The van der Waals surface area contributed by atoms with E-state index in [9.17, 15) is 0 Å². The third-order valence-electron chi connectivity index (χ3n) is 1.66. The average Bonchev–Trinajstić information content (AvgIpc) is 2.28. The highest BCUT2D eigenvalue weighted by Gasteiger charge is 1.93. The third-order valence-corrected chi connectivity index (χ3v) is 2.34. The number of halogens is 2. The first-order valence-electron chi connectivity index (χ1n) is 4.57. The Morgan fingerprint density at radius 2 is 1.53 bits per heavy atom. The molecule has 0 bridgehead atoms. The molecule has 15 heavy (non-hydrogen) atoms. The largest absolute Gasteiger partial charge is 0.0970 e. The van der Waals surface area contributed by atoms with Gasteiger partial charge in [-0.2, -0.15) is 0 Å². The molecule has 0 saturated carbocycles. The van der Waals surface area contributed by atoms with Crippen LogP contribution in [-0.2, 0) is 0 Å². The fourth-order valence-electron chi connectivity index (χ4n) is 1.03. The maximum atomic E-state index is 3.35. The van der Waals surface area contributed by atoms with Crippen LogP contribution in [-0.4, -0.2) is 10.7 Å². The van der Waals surface area contributed by atoms with Crippen molar-refractivity contribution in [2.45, 2.75) is 6.42 Å². The van der Waals surface area contributed by atoms with Gasteiger partial charge in [0.05, 0.1) is 5.33 Å². The topological polar surface area (TPSA) is 0 Å². The number of rotatable bonds is 1. The van der Waals surface area contributed by atoms with Gasteiger partial charge in [-0.1, -0.05) is 67.7 Å². The lowest BCUT2D eigenvalue weighted by Gasteiger charge is -1.94. The number of alkyl halides is 2. The molecule has 0 unspecified atom stereocenters. The van der Waals surface area contributed by atoms with E-state index in [1.54, 1.807) is 0 Å². The van der Waals surface area contributed by atoms with Crippen LogP contribution in [0.15, 0.2) is 24.3 Å². The van der Waals surface area contributed by atoms with E-state index in [1.165, 1.54) is 0 Å². The maximum absolute atomic E-state index is 3.35. The van der Waals surface area contributed by atoms with Gasteiger partial charge >= 0.3 is 0 Å². The predicted molar refractivity (Wildman–Crippen MR) is 72.4 cm³/mol. The molecule has 0 aliphatic heterocycles. The summed E-state index contributed by atoms with van der Waals surface area (Å²) in [7, 11) is 0. The summed E-state index contributed by atoms with van der Waals surface area (Å²) in [6, 6.07) is 7.96. The van der Waals surface area contributed by atoms with Crippen molar-refractivity contribution in [3.05, 3.63) is 35.4 Å². The molecule has 0 aromatic heterocycles. The first kappa shape index (κ1) is 12.4. The van der Waals surface area contributed by atoms with E-state index < -0.39 is 0 Å². The molecule has 0 heterocycles. The average molecular weight is 326 g/mol. The first-order valence-corrected chi connectivity index (χ1v) is 6.81. The minimum Gasteiger partial charge on any atom is -0.0970 e. The fraction of sp³-hybridized carbons (Fsp3) is 0.231. The van der Waals surface area contributed by atoms with Crippen LogP contribution in [0.4, 0.5) is 0 Å². The Balaban J connectivity index is 2.92. The van der Waals surface area contributed by atoms with Crippen LogP contribution >= 0.6 is 31.9 Å². The highest BCUT2D eigenvalue weighted by Crippen LogP contribution is 2.05. The van der Waals surface area contributed by atoms with Gasteiger partial charge in [-0.25, -0.2) is 0 Å². The molecule has 0 radical (unpaired) electrons. The second-order valence-electron chi connectivity index (χ2n) is 2.72. The number of hydrogen-bond donors (Lipinski definition) is 0. The SMILES string of the molecule is BrCC#Cc1ccccc1C#CCCBr. The van der Waals surface area contributed by atoms with Crippen LogP contribution in [0.5, 0.6) is 0 Å². The van der Waals surface area contributed by atoms with E-state index in [4.69, 9.17) is 0 Å². The van der Waals surface area contributed by atoms with Crippen LogP contribution in [0.25, 0.3) is 0 Å². The van der Waals surface area contributed by atoms with Gasteiger partial charge in [-0.15, -0.1) is 0 Å². The lowest BCUT2D eigenvalue weighted by Crippen LogP contribution is -1.82. The smallest absolute Gasteiger partial charge is 0.0649 e. The maximum Gasteiger partial charge on any atom is 0.0649 e. The van der Waals surface area contributed by atoms with E-state index in [0.717, 1.165) is 22.9 Å². The number of hydrogen-bond acceptors (Lipinski definition) is 0. The Morgan fingerprint density at radius 1 is 0.933 bits per heavy atom. The molecule has 0 saturated heterocycles. The summed E-state index contributed by atoms with van der Waals surface area (Å²) in [4.78, 5) is 0. The van der Waals surface area contributed by atoms with Crippen molar-refractivity contribution in [1.29, 1.82) is 0 Å². The van der Waals surface area contributed by atoms with E-state index >= 15 is 0 Å². The highest BCUT2D eigenvalue weighted by molar-refractivity contribution is 9.09. The Bertz CT molecular complexity index is 427. The van der Waals surface area contributed by atoms with Crippen molar-refractivity contribution in [2.24, 2.45) is 0 Å². The molecule has 0 atom stereocenters. The van der Waals surface area contributed by atoms with Crippen molar-refractivity contribution < 1.29 is 0 Å². The summed E-state index contributed by atoms with van der Waals surface area (Å²) >= 11 is 6.63. The van der Waals surface area contributed by atoms with Crippen LogP contribution in [0.1, 0.15) is 17.5 Å². The van der Waals surface area contributed by atoms with E-state index in [0.29, 0.717) is 5.33 Å². The van der Waals surface area contributed by atoms with Gasteiger partial charge in [0.1, 0.15) is 0 Å². The quantitative estimate of drug-likeness (QED) is 0.547. The second kappa shape index (κ2) is 7.57. The van der Waals surface area contributed by atoms with E-state index in [-0.39, 0.29) is 0 Å². The lowest BCUT2D eigenvalue weighted by atomic mass is 10.1. The normalized spacial score (nSPS) is 8.40. The van der Waals surface area contributed by atoms with Crippen molar-refractivity contribution >= 4 is 31.9 Å². The van der Waals surface area contributed by atoms with Gasteiger partial charge in [-0.05, 0) is 12.1 Å². The van der Waals surface area contributed by atoms with Crippen LogP contribution in [0.3, 0.4) is 0 Å². The standard InChI is InChI=1S/C13H10Br2/c14-10-4-3-8-12-6-1-2-7-13(12)9-5-11-15/h1-2,6-7H,4,10-11H2. The van der Waals surface area contributed by atoms with Gasteiger partial charge in [0.15, 0.2) is 0 Å². The number of benzene rings is 1. The zero-order valence-electron chi connectivity index (χ0n) is 8.19. The summed E-state index contributed by atoms with van der Waals surface area (Å²) in [5.41, 5.74) is 2.01. The molecule has 1 aromatic rings. The van der Waals surface area contributed by atoms with Crippen molar-refractivity contribution in [3.63, 3.8) is 0 Å². The molecule has 0 nitrogen and oxygen atoms in total. The third kappa shape index (κ3) is 4.56. The molecule has 1 aromatic carbocycles. The molecule has 76 valence electrons. The Hall–Kier alpha value is -0.700. The monoisotopic (exact) mass is 324 g/mol. The summed E-state index contributed by atoms with van der Waals surface area (Å²) in [6.45, 7) is 0. The highest BCUT2D eigenvalue weighted by atomic mass is 79.9. The van der Waals surface area contributed by atoms with Gasteiger partial charge in [-0.3, -0.25) is 0 Å². The molecule has 0 fully saturated rings. The molecule has 0 aliphatic carbocycles. The Kier molecular flexibility index (Phi) is 6.25. The molecular weight excluding hydrogens is 316 g/mol. The summed E-state index contributed by atoms with van der Waals surface area (Å²) in [6.07, 6.45) is 0.861. The van der Waals surface area contributed by atoms with Gasteiger partial charge in [0.25, 0.3) is 0 Å². The molecule has 0 N–H and O–H groups in total. The lowest BCUT2D eigenvalue weighted by molar-refractivity contribution is 1.32. The minimum atomic E-state index is 0.691. The van der Waals surface area contributed by atoms with Crippen molar-refractivity contribution in [2.75, 3.05) is 10.7 Å². The van der Waals surface area contributed by atoms with Gasteiger partial charge in [0.2, 0.25) is 0 Å². The molecule has 2 heteroatoms. The van der Waals surface area contributed by atoms with Crippen LogP contribution in [0, 0.1) is 23.7 Å². The van der Waals surface area contributed by atoms with E-state index in [2.05, 4.69) is 55.5 Å². The Morgan fingerprint density at radius 3 is 2.07 bits per heavy atom. The zero-order chi connectivity index (χ0) is 10.9. The molecule has 0 spiro atoms. The first-order chi connectivity index (χ1) is 7.38. The summed E-state index contributed by atoms with van der Waals surface area (Å²) in [5, 5.41) is 1.60. The second-order valence-corrected chi connectivity index (χ2v) is 4.08. The minimum absolute atomic E-state index is 0.691. The van der Waals surface area contributed by atoms with Gasteiger partial charge in [0, 0.05) is 22.9 Å². The van der Waals surface area contributed by atoms with Crippen LogP contribution < -0.4 is 0 Å². The molecular formula is C13H10Br2. The van der Waals surface area contributed by atoms with Crippen molar-refractivity contribution in [1.82, 2.24) is 0 Å². The molecule has 0 amide bonds. The molecule has 1 rings (SSSR count). The zero-order valence-corrected chi connectivity index (χ0v) is 11.4. The molecule has 0 aliphatic rings.